The number of aromatic nitrogens is 1. The summed E-state index contributed by atoms with van der Waals surface area (Å²) in [6.07, 6.45) is 1.91. The van der Waals surface area contributed by atoms with E-state index in [2.05, 4.69) is 4.98 Å². The normalized spacial score (nSPS) is 20.9. The van der Waals surface area contributed by atoms with E-state index >= 15 is 0 Å². The summed E-state index contributed by atoms with van der Waals surface area (Å²) >= 11 is 2.94. The third kappa shape index (κ3) is 3.33. The smallest absolute Gasteiger partial charge is 0.273 e. The van der Waals surface area contributed by atoms with Crippen molar-refractivity contribution in [1.29, 1.82) is 0 Å². The van der Waals surface area contributed by atoms with Crippen LogP contribution in [-0.4, -0.2) is 59.4 Å². The van der Waals surface area contributed by atoms with Crippen LogP contribution in [-0.2, 0) is 4.74 Å². The second-order valence-electron chi connectivity index (χ2n) is 6.14. The molecule has 0 radical (unpaired) electrons. The fourth-order valence-electron chi connectivity index (χ4n) is 3.34. The van der Waals surface area contributed by atoms with E-state index in [9.17, 15) is 9.59 Å². The monoisotopic (exact) mass is 377 g/mol. The number of amides is 2. The van der Waals surface area contributed by atoms with E-state index in [1.54, 1.807) is 10.9 Å². The SMILES string of the molecule is O=C(c1ccc([C@H]2CCCN2C(=O)c2cscn2)s1)N1CCOCC1. The first-order chi connectivity index (χ1) is 12.2. The maximum atomic E-state index is 12.7. The van der Waals surface area contributed by atoms with Gasteiger partial charge in [0.15, 0.2) is 0 Å². The fraction of sp³-hybridized carbons (Fsp3) is 0.471. The van der Waals surface area contributed by atoms with Crippen molar-refractivity contribution in [2.24, 2.45) is 0 Å². The third-order valence-electron chi connectivity index (χ3n) is 4.63. The molecule has 2 aromatic heterocycles. The van der Waals surface area contributed by atoms with Crippen molar-refractivity contribution < 1.29 is 14.3 Å². The van der Waals surface area contributed by atoms with Gasteiger partial charge in [0.1, 0.15) is 5.69 Å². The van der Waals surface area contributed by atoms with Crippen LogP contribution in [0.2, 0.25) is 0 Å². The average molecular weight is 377 g/mol. The number of hydrogen-bond acceptors (Lipinski definition) is 6. The van der Waals surface area contributed by atoms with Gasteiger partial charge in [-0.05, 0) is 25.0 Å². The minimum absolute atomic E-state index is 0.0156. The molecule has 0 saturated carbocycles. The lowest BCUT2D eigenvalue weighted by molar-refractivity contribution is 0.0306. The van der Waals surface area contributed by atoms with E-state index in [1.807, 2.05) is 21.9 Å². The predicted molar refractivity (Wildman–Crippen MR) is 96.2 cm³/mol. The Balaban J connectivity index is 1.50. The predicted octanol–water partition coefficient (Wildman–Crippen LogP) is 2.65. The Hall–Kier alpha value is -1.77. The van der Waals surface area contributed by atoms with Crippen LogP contribution in [0.25, 0.3) is 0 Å². The largest absolute Gasteiger partial charge is 0.378 e. The number of morpholine rings is 1. The summed E-state index contributed by atoms with van der Waals surface area (Å²) < 4.78 is 5.31. The molecule has 4 rings (SSSR count). The highest BCUT2D eigenvalue weighted by atomic mass is 32.1. The topological polar surface area (TPSA) is 62.7 Å². The summed E-state index contributed by atoms with van der Waals surface area (Å²) in [7, 11) is 0. The van der Waals surface area contributed by atoms with Gasteiger partial charge in [0.25, 0.3) is 11.8 Å². The molecule has 6 nitrogen and oxygen atoms in total. The molecule has 4 heterocycles. The van der Waals surface area contributed by atoms with E-state index in [1.165, 1.54) is 22.7 Å². The van der Waals surface area contributed by atoms with Crippen molar-refractivity contribution in [1.82, 2.24) is 14.8 Å². The number of carbonyl (C=O) groups excluding carboxylic acids is 2. The van der Waals surface area contributed by atoms with Crippen LogP contribution < -0.4 is 0 Å². The molecule has 2 fully saturated rings. The second kappa shape index (κ2) is 7.23. The molecule has 0 spiro atoms. The maximum absolute atomic E-state index is 12.7. The number of thiazole rings is 1. The number of carbonyl (C=O) groups is 2. The molecule has 25 heavy (non-hydrogen) atoms. The Kier molecular flexibility index (Phi) is 4.82. The van der Waals surface area contributed by atoms with E-state index < -0.39 is 0 Å². The van der Waals surface area contributed by atoms with Crippen molar-refractivity contribution in [3.8, 4) is 0 Å². The van der Waals surface area contributed by atoms with Gasteiger partial charge in [0.2, 0.25) is 0 Å². The van der Waals surface area contributed by atoms with Gasteiger partial charge in [-0.1, -0.05) is 0 Å². The molecule has 0 aliphatic carbocycles. The molecule has 1 atom stereocenters. The van der Waals surface area contributed by atoms with Crippen molar-refractivity contribution in [3.05, 3.63) is 38.5 Å². The first-order valence-corrected chi connectivity index (χ1v) is 10.2. The summed E-state index contributed by atoms with van der Waals surface area (Å²) in [6.45, 7) is 3.23. The van der Waals surface area contributed by atoms with Crippen LogP contribution in [0.15, 0.2) is 23.0 Å². The maximum Gasteiger partial charge on any atom is 0.273 e. The Labute approximate surface area is 154 Å². The third-order valence-corrected chi connectivity index (χ3v) is 6.39. The van der Waals surface area contributed by atoms with Crippen LogP contribution >= 0.6 is 22.7 Å². The van der Waals surface area contributed by atoms with Crippen LogP contribution in [0.3, 0.4) is 0 Å². The summed E-state index contributed by atoms with van der Waals surface area (Å²) in [5.74, 6) is 0.0492. The molecular weight excluding hydrogens is 358 g/mol. The zero-order valence-electron chi connectivity index (χ0n) is 13.7. The average Bonchev–Trinajstić information content (AvgIpc) is 3.42. The summed E-state index contributed by atoms with van der Waals surface area (Å²) in [5.41, 5.74) is 2.20. The van der Waals surface area contributed by atoms with Crippen LogP contribution in [0.1, 0.15) is 43.9 Å². The quantitative estimate of drug-likeness (QED) is 0.825. The van der Waals surface area contributed by atoms with Gasteiger partial charge in [0.05, 0.1) is 29.6 Å². The first-order valence-electron chi connectivity index (χ1n) is 8.40. The van der Waals surface area contributed by atoms with Gasteiger partial charge in [-0.2, -0.15) is 0 Å². The highest BCUT2D eigenvalue weighted by molar-refractivity contribution is 7.14. The lowest BCUT2D eigenvalue weighted by Crippen LogP contribution is -2.40. The van der Waals surface area contributed by atoms with Gasteiger partial charge >= 0.3 is 0 Å². The molecule has 0 bridgehead atoms. The number of likely N-dealkylation sites (tertiary alicyclic amines) is 1. The van der Waals surface area contributed by atoms with Gasteiger partial charge in [-0.15, -0.1) is 22.7 Å². The first kappa shape index (κ1) is 16.7. The molecule has 2 saturated heterocycles. The van der Waals surface area contributed by atoms with Crippen LogP contribution in [0.4, 0.5) is 0 Å². The molecule has 0 aromatic carbocycles. The van der Waals surface area contributed by atoms with Gasteiger partial charge < -0.3 is 14.5 Å². The molecule has 132 valence electrons. The van der Waals surface area contributed by atoms with E-state index in [-0.39, 0.29) is 17.9 Å². The minimum Gasteiger partial charge on any atom is -0.378 e. The summed E-state index contributed by atoms with van der Waals surface area (Å²) in [6, 6.07) is 3.93. The standard InChI is InChI=1S/C17H19N3O3S2/c21-16(12-10-24-11-18-12)20-5-1-2-13(20)14-3-4-15(25-14)17(22)19-6-8-23-9-7-19/h3-4,10-11,13H,1-2,5-9H2/t13-/m1/s1. The molecular formula is C17H19N3O3S2. The van der Waals surface area contributed by atoms with Crippen molar-refractivity contribution >= 4 is 34.5 Å². The van der Waals surface area contributed by atoms with Gasteiger partial charge in [0, 0.05) is 29.9 Å². The van der Waals surface area contributed by atoms with E-state index in [0.717, 1.165) is 29.1 Å². The zero-order valence-corrected chi connectivity index (χ0v) is 15.4. The molecule has 8 heteroatoms. The number of ether oxygens (including phenoxy) is 1. The summed E-state index contributed by atoms with van der Waals surface area (Å²) in [4.78, 5) is 35.0. The van der Waals surface area contributed by atoms with E-state index in [4.69, 9.17) is 4.74 Å². The number of hydrogen-bond donors (Lipinski definition) is 0. The number of nitrogens with zero attached hydrogens (tertiary/aromatic N) is 3. The molecule has 2 aromatic rings. The second-order valence-corrected chi connectivity index (χ2v) is 7.97. The van der Waals surface area contributed by atoms with Crippen LogP contribution in [0.5, 0.6) is 0 Å². The van der Waals surface area contributed by atoms with Crippen LogP contribution in [0, 0.1) is 0 Å². The van der Waals surface area contributed by atoms with Crippen molar-refractivity contribution in [2.45, 2.75) is 18.9 Å². The lowest BCUT2D eigenvalue weighted by atomic mass is 10.2. The molecule has 2 amide bonds. The highest BCUT2D eigenvalue weighted by Crippen LogP contribution is 2.37. The number of rotatable bonds is 3. The molecule has 2 aliphatic heterocycles. The minimum atomic E-state index is -0.0156. The fourth-order valence-corrected chi connectivity index (χ4v) is 4.99. The zero-order chi connectivity index (χ0) is 17.2. The summed E-state index contributed by atoms with van der Waals surface area (Å²) in [5, 5.41) is 1.79. The highest BCUT2D eigenvalue weighted by Gasteiger charge is 2.33. The lowest BCUT2D eigenvalue weighted by Gasteiger charge is -2.26. The Bertz CT molecular complexity index is 753. The van der Waals surface area contributed by atoms with Crippen molar-refractivity contribution in [3.63, 3.8) is 0 Å². The molecule has 0 N–H and O–H groups in total. The Morgan fingerprint density at radius 1 is 1.16 bits per heavy atom. The molecule has 0 unspecified atom stereocenters. The van der Waals surface area contributed by atoms with Crippen molar-refractivity contribution in [2.75, 3.05) is 32.8 Å². The number of thiophene rings is 1. The van der Waals surface area contributed by atoms with Gasteiger partial charge in [-0.3, -0.25) is 9.59 Å². The van der Waals surface area contributed by atoms with E-state index in [0.29, 0.717) is 32.0 Å². The Morgan fingerprint density at radius 3 is 2.76 bits per heavy atom. The van der Waals surface area contributed by atoms with Gasteiger partial charge in [-0.25, -0.2) is 4.98 Å². The molecule has 2 aliphatic rings. The Morgan fingerprint density at radius 2 is 2.00 bits per heavy atom.